The van der Waals surface area contributed by atoms with E-state index < -0.39 is 10.1 Å². The number of benzene rings is 1. The summed E-state index contributed by atoms with van der Waals surface area (Å²) in [5.74, 6) is 0. The van der Waals surface area contributed by atoms with Gasteiger partial charge in [-0.2, -0.15) is 8.42 Å². The van der Waals surface area contributed by atoms with Crippen molar-refractivity contribution in [2.75, 3.05) is 5.73 Å². The van der Waals surface area contributed by atoms with Gasteiger partial charge in [-0.1, -0.05) is 12.1 Å². The standard InChI is InChI=1S/C6H7NO3S.Na.H/c7-5-3-1-2-4-6(5)11(8,9)10;;/h1-4H,7H2,(H,8,9,10);;. The molecular weight excluding hydrogens is 189 g/mol. The van der Waals surface area contributed by atoms with Gasteiger partial charge >= 0.3 is 29.6 Å². The fourth-order valence-electron chi connectivity index (χ4n) is 0.715. The van der Waals surface area contributed by atoms with Crippen LogP contribution in [0, 0.1) is 0 Å². The van der Waals surface area contributed by atoms with Crippen LogP contribution in [0.15, 0.2) is 29.2 Å². The average Bonchev–Trinajstić information content (AvgIpc) is 1.86. The molecule has 0 unspecified atom stereocenters. The van der Waals surface area contributed by atoms with E-state index in [1.807, 2.05) is 0 Å². The predicted molar refractivity (Wildman–Crippen MR) is 47.8 cm³/mol. The number of anilines is 1. The van der Waals surface area contributed by atoms with Crippen LogP contribution in [0.25, 0.3) is 0 Å². The van der Waals surface area contributed by atoms with Crippen LogP contribution in [-0.2, 0) is 10.1 Å². The zero-order valence-electron chi connectivity index (χ0n) is 5.56. The molecule has 0 aromatic heterocycles. The molecule has 1 rings (SSSR count). The molecule has 0 fully saturated rings. The maximum atomic E-state index is 10.5. The minimum atomic E-state index is -4.16. The second-order valence-corrected chi connectivity index (χ2v) is 3.40. The molecule has 0 atom stereocenters. The van der Waals surface area contributed by atoms with Crippen LogP contribution < -0.4 is 5.73 Å². The molecule has 0 saturated carbocycles. The van der Waals surface area contributed by atoms with Gasteiger partial charge in [0.25, 0.3) is 10.1 Å². The summed E-state index contributed by atoms with van der Waals surface area (Å²) in [6.45, 7) is 0. The summed E-state index contributed by atoms with van der Waals surface area (Å²) in [6.07, 6.45) is 0. The number of rotatable bonds is 1. The van der Waals surface area contributed by atoms with Gasteiger partial charge in [-0.15, -0.1) is 0 Å². The Balaban J connectivity index is 0.00000121. The molecule has 0 bridgehead atoms. The van der Waals surface area contributed by atoms with Crippen molar-refractivity contribution in [3.05, 3.63) is 24.3 Å². The van der Waals surface area contributed by atoms with Gasteiger partial charge in [-0.3, -0.25) is 4.55 Å². The first kappa shape index (κ1) is 11.9. The third kappa shape index (κ3) is 2.76. The normalized spacial score (nSPS) is 10.4. The minimum absolute atomic E-state index is 0. The molecule has 0 radical (unpaired) electrons. The van der Waals surface area contributed by atoms with Crippen molar-refractivity contribution in [2.45, 2.75) is 4.90 Å². The van der Waals surface area contributed by atoms with Gasteiger partial charge in [0.05, 0.1) is 5.69 Å². The van der Waals surface area contributed by atoms with Gasteiger partial charge in [0.15, 0.2) is 0 Å². The van der Waals surface area contributed by atoms with Gasteiger partial charge < -0.3 is 5.73 Å². The molecule has 6 heteroatoms. The van der Waals surface area contributed by atoms with Crippen LogP contribution >= 0.6 is 0 Å². The third-order valence-electron chi connectivity index (χ3n) is 1.20. The van der Waals surface area contributed by atoms with Crippen LogP contribution in [0.3, 0.4) is 0 Å². The molecule has 12 heavy (non-hydrogen) atoms. The summed E-state index contributed by atoms with van der Waals surface area (Å²) in [7, 11) is -4.16. The number of hydrogen-bond acceptors (Lipinski definition) is 3. The molecule has 0 saturated heterocycles. The Bertz CT molecular complexity index is 363. The van der Waals surface area contributed by atoms with Crippen LogP contribution in [0.5, 0.6) is 0 Å². The predicted octanol–water partition coefficient (Wildman–Crippen LogP) is -0.133. The summed E-state index contributed by atoms with van der Waals surface area (Å²) in [5.41, 5.74) is 5.32. The van der Waals surface area contributed by atoms with Crippen molar-refractivity contribution in [3.63, 3.8) is 0 Å². The Morgan fingerprint density at radius 1 is 1.25 bits per heavy atom. The van der Waals surface area contributed by atoms with Gasteiger partial charge in [-0.05, 0) is 12.1 Å². The molecule has 0 aliphatic rings. The first-order chi connectivity index (χ1) is 5.02. The Labute approximate surface area is 92.8 Å². The zero-order valence-corrected chi connectivity index (χ0v) is 6.38. The molecule has 0 aliphatic heterocycles. The van der Waals surface area contributed by atoms with E-state index in [0.717, 1.165) is 0 Å². The third-order valence-corrected chi connectivity index (χ3v) is 2.12. The molecule has 4 nitrogen and oxygen atoms in total. The summed E-state index contributed by atoms with van der Waals surface area (Å²) in [4.78, 5) is -0.250. The van der Waals surface area contributed by atoms with Crippen LogP contribution in [-0.4, -0.2) is 42.5 Å². The fourth-order valence-corrected chi connectivity index (χ4v) is 1.33. The van der Waals surface area contributed by atoms with Gasteiger partial charge in [0.1, 0.15) is 4.90 Å². The van der Waals surface area contributed by atoms with E-state index in [1.54, 1.807) is 6.07 Å². The topological polar surface area (TPSA) is 80.4 Å². The van der Waals surface area contributed by atoms with E-state index in [2.05, 4.69) is 0 Å². The maximum absolute atomic E-state index is 10.5. The Morgan fingerprint density at radius 3 is 2.08 bits per heavy atom. The van der Waals surface area contributed by atoms with Crippen LogP contribution in [0.1, 0.15) is 0 Å². The number of nitrogens with two attached hydrogens (primary N) is 1. The summed E-state index contributed by atoms with van der Waals surface area (Å²) >= 11 is 0. The molecule has 62 valence electrons. The van der Waals surface area contributed by atoms with E-state index in [4.69, 9.17) is 10.3 Å². The number of para-hydroxylation sites is 1. The first-order valence-corrected chi connectivity index (χ1v) is 4.28. The SMILES string of the molecule is Nc1ccccc1S(=O)(=O)O.[NaH]. The van der Waals surface area contributed by atoms with Crippen molar-refractivity contribution in [3.8, 4) is 0 Å². The quantitative estimate of drug-likeness (QED) is 0.373. The molecule has 1 aromatic rings. The van der Waals surface area contributed by atoms with E-state index >= 15 is 0 Å². The van der Waals surface area contributed by atoms with E-state index in [0.29, 0.717) is 0 Å². The van der Waals surface area contributed by atoms with Crippen molar-refractivity contribution in [1.82, 2.24) is 0 Å². The Kier molecular flexibility index (Phi) is 4.22. The Hall–Kier alpha value is -0.0700. The average molecular weight is 197 g/mol. The van der Waals surface area contributed by atoms with E-state index in [9.17, 15) is 8.42 Å². The first-order valence-electron chi connectivity index (χ1n) is 2.84. The zero-order chi connectivity index (χ0) is 8.48. The second kappa shape index (κ2) is 4.25. The summed E-state index contributed by atoms with van der Waals surface area (Å²) in [5, 5.41) is 0. The summed E-state index contributed by atoms with van der Waals surface area (Å²) < 4.78 is 29.6. The van der Waals surface area contributed by atoms with Gasteiger partial charge in [0.2, 0.25) is 0 Å². The monoisotopic (exact) mass is 197 g/mol. The molecule has 3 N–H and O–H groups in total. The van der Waals surface area contributed by atoms with Crippen LogP contribution in [0.4, 0.5) is 5.69 Å². The van der Waals surface area contributed by atoms with E-state index in [1.165, 1.54) is 18.2 Å². The number of hydrogen-bond donors (Lipinski definition) is 2. The molecule has 0 spiro atoms. The van der Waals surface area contributed by atoms with E-state index in [-0.39, 0.29) is 40.1 Å². The molecular formula is C6H8NNaO3S. The van der Waals surface area contributed by atoms with Gasteiger partial charge in [0, 0.05) is 0 Å². The van der Waals surface area contributed by atoms with Crippen molar-refractivity contribution in [1.29, 1.82) is 0 Å². The van der Waals surface area contributed by atoms with Gasteiger partial charge in [-0.25, -0.2) is 0 Å². The molecule has 0 aliphatic carbocycles. The van der Waals surface area contributed by atoms with Crippen molar-refractivity contribution < 1.29 is 13.0 Å². The number of nitrogen functional groups attached to an aromatic ring is 1. The fraction of sp³-hybridized carbons (Fsp3) is 0. The summed E-state index contributed by atoms with van der Waals surface area (Å²) in [6, 6.07) is 5.72. The van der Waals surface area contributed by atoms with Crippen LogP contribution in [0.2, 0.25) is 0 Å². The van der Waals surface area contributed by atoms with Crippen molar-refractivity contribution >= 4 is 45.4 Å². The van der Waals surface area contributed by atoms with Crippen molar-refractivity contribution in [2.24, 2.45) is 0 Å². The molecule has 0 heterocycles. The molecule has 0 amide bonds. The molecule has 1 aromatic carbocycles. The second-order valence-electron chi connectivity index (χ2n) is 2.01. The Morgan fingerprint density at radius 2 is 1.75 bits per heavy atom.